The van der Waals surface area contributed by atoms with Crippen LogP contribution in [0.5, 0.6) is 0 Å². The van der Waals surface area contributed by atoms with Gasteiger partial charge in [0, 0.05) is 5.56 Å². The van der Waals surface area contributed by atoms with Gasteiger partial charge in [-0.05, 0) is 23.8 Å². The normalized spacial score (nSPS) is 10.1. The summed E-state index contributed by atoms with van der Waals surface area (Å²) in [5.74, 6) is -0.247. The molecule has 1 aromatic carbocycles. The third-order valence-corrected chi connectivity index (χ3v) is 2.05. The highest BCUT2D eigenvalue weighted by Crippen LogP contribution is 2.17. The number of hydrogen-bond acceptors (Lipinski definition) is 2. The Bertz CT molecular complexity index is 490. The zero-order valence-corrected chi connectivity index (χ0v) is 8.01. The van der Waals surface area contributed by atoms with Gasteiger partial charge in [0.1, 0.15) is 10.5 Å². The highest BCUT2D eigenvalue weighted by molar-refractivity contribution is 7.71. The summed E-state index contributed by atoms with van der Waals surface area (Å²) in [5, 5.41) is 6.50. The van der Waals surface area contributed by atoms with Crippen LogP contribution in [0.25, 0.3) is 11.1 Å². The first kappa shape index (κ1) is 9.02. The number of benzene rings is 1. The lowest BCUT2D eigenvalue weighted by Gasteiger charge is -1.99. The molecule has 0 fully saturated rings. The third-order valence-electron chi connectivity index (χ3n) is 1.84. The molecule has 0 spiro atoms. The third kappa shape index (κ3) is 1.85. The van der Waals surface area contributed by atoms with Crippen molar-refractivity contribution >= 4 is 12.2 Å². The number of hydrogen-bond donors (Lipinski definition) is 1. The van der Waals surface area contributed by atoms with Gasteiger partial charge in [-0.3, -0.25) is 5.10 Å². The van der Waals surface area contributed by atoms with Gasteiger partial charge in [-0.15, -0.1) is 0 Å². The van der Waals surface area contributed by atoms with Gasteiger partial charge in [0.2, 0.25) is 0 Å². The van der Waals surface area contributed by atoms with E-state index in [4.69, 9.17) is 12.2 Å². The van der Waals surface area contributed by atoms with E-state index in [1.54, 1.807) is 24.4 Å². The van der Waals surface area contributed by atoms with Crippen molar-refractivity contribution < 1.29 is 4.39 Å². The van der Waals surface area contributed by atoms with Gasteiger partial charge in [-0.1, -0.05) is 24.4 Å². The largest absolute Gasteiger partial charge is 0.268 e. The lowest BCUT2D eigenvalue weighted by Crippen LogP contribution is -1.84. The molecule has 0 aliphatic rings. The quantitative estimate of drug-likeness (QED) is 0.727. The second kappa shape index (κ2) is 3.67. The van der Waals surface area contributed by atoms with Gasteiger partial charge >= 0.3 is 0 Å². The molecule has 2 rings (SSSR count). The van der Waals surface area contributed by atoms with Gasteiger partial charge in [-0.25, -0.2) is 4.39 Å². The molecule has 0 saturated carbocycles. The number of aromatic amines is 1. The summed E-state index contributed by atoms with van der Waals surface area (Å²) in [6.45, 7) is 0. The topological polar surface area (TPSA) is 28.7 Å². The molecular formula is C10H7FN2S. The second-order valence-electron chi connectivity index (χ2n) is 2.84. The van der Waals surface area contributed by atoms with Crippen LogP contribution in [0.2, 0.25) is 0 Å². The predicted octanol–water partition coefficient (Wildman–Crippen LogP) is 2.95. The van der Waals surface area contributed by atoms with E-state index in [0.29, 0.717) is 4.64 Å². The van der Waals surface area contributed by atoms with E-state index in [1.807, 2.05) is 0 Å². The maximum atomic E-state index is 12.6. The van der Waals surface area contributed by atoms with Crippen LogP contribution in [0.4, 0.5) is 4.39 Å². The average Bonchev–Trinajstić information content (AvgIpc) is 2.19. The van der Waals surface area contributed by atoms with Crippen molar-refractivity contribution in [1.82, 2.24) is 10.2 Å². The number of nitrogens with one attached hydrogen (secondary N) is 1. The molecule has 70 valence electrons. The molecule has 4 heteroatoms. The van der Waals surface area contributed by atoms with Crippen molar-refractivity contribution in [3.63, 3.8) is 0 Å². The van der Waals surface area contributed by atoms with Crippen molar-refractivity contribution in [2.45, 2.75) is 0 Å². The number of aromatic nitrogens is 2. The SMILES string of the molecule is Fc1ccc(-c2cn[nH]c(=S)c2)cc1. The van der Waals surface area contributed by atoms with E-state index in [9.17, 15) is 4.39 Å². The Morgan fingerprint density at radius 3 is 2.50 bits per heavy atom. The van der Waals surface area contributed by atoms with Gasteiger partial charge in [0.25, 0.3) is 0 Å². The van der Waals surface area contributed by atoms with E-state index < -0.39 is 0 Å². The van der Waals surface area contributed by atoms with Crippen LogP contribution in [0.1, 0.15) is 0 Å². The molecule has 2 aromatic rings. The molecule has 2 nitrogen and oxygen atoms in total. The fraction of sp³-hybridized carbons (Fsp3) is 0. The molecular weight excluding hydrogens is 199 g/mol. The molecule has 0 radical (unpaired) electrons. The molecule has 0 unspecified atom stereocenters. The smallest absolute Gasteiger partial charge is 0.123 e. The first-order valence-electron chi connectivity index (χ1n) is 4.06. The van der Waals surface area contributed by atoms with Gasteiger partial charge in [0.15, 0.2) is 0 Å². The van der Waals surface area contributed by atoms with Crippen molar-refractivity contribution in [3.8, 4) is 11.1 Å². The highest BCUT2D eigenvalue weighted by Gasteiger charge is 1.97. The van der Waals surface area contributed by atoms with Gasteiger partial charge in [-0.2, -0.15) is 5.10 Å². The maximum Gasteiger partial charge on any atom is 0.123 e. The van der Waals surface area contributed by atoms with E-state index in [0.717, 1.165) is 11.1 Å². The minimum Gasteiger partial charge on any atom is -0.268 e. The van der Waals surface area contributed by atoms with Crippen LogP contribution in [0.3, 0.4) is 0 Å². The zero-order valence-electron chi connectivity index (χ0n) is 7.20. The Labute approximate surface area is 85.4 Å². The molecule has 0 amide bonds. The molecule has 0 atom stereocenters. The fourth-order valence-electron chi connectivity index (χ4n) is 1.18. The van der Waals surface area contributed by atoms with Gasteiger partial charge < -0.3 is 0 Å². The summed E-state index contributed by atoms with van der Waals surface area (Å²) in [4.78, 5) is 0. The monoisotopic (exact) mass is 206 g/mol. The molecule has 0 aliphatic carbocycles. The lowest BCUT2D eigenvalue weighted by atomic mass is 10.1. The van der Waals surface area contributed by atoms with Crippen molar-refractivity contribution in [2.75, 3.05) is 0 Å². The number of rotatable bonds is 1. The fourth-order valence-corrected chi connectivity index (χ4v) is 1.36. The first-order valence-corrected chi connectivity index (χ1v) is 4.47. The Morgan fingerprint density at radius 1 is 1.14 bits per heavy atom. The summed E-state index contributed by atoms with van der Waals surface area (Å²) < 4.78 is 13.2. The number of halogens is 1. The van der Waals surface area contributed by atoms with E-state index >= 15 is 0 Å². The molecule has 14 heavy (non-hydrogen) atoms. The minimum absolute atomic E-state index is 0.247. The lowest BCUT2D eigenvalue weighted by molar-refractivity contribution is 0.628. The summed E-state index contributed by atoms with van der Waals surface area (Å²) >= 11 is 4.93. The number of H-pyrrole nitrogens is 1. The average molecular weight is 206 g/mol. The molecule has 1 heterocycles. The second-order valence-corrected chi connectivity index (χ2v) is 3.28. The predicted molar refractivity (Wildman–Crippen MR) is 54.8 cm³/mol. The van der Waals surface area contributed by atoms with Crippen LogP contribution >= 0.6 is 12.2 Å². The summed E-state index contributed by atoms with van der Waals surface area (Å²) in [7, 11) is 0. The van der Waals surface area contributed by atoms with E-state index in [1.165, 1.54) is 12.1 Å². The molecule has 1 aromatic heterocycles. The van der Waals surface area contributed by atoms with Crippen LogP contribution in [-0.4, -0.2) is 10.2 Å². The Balaban J connectivity index is 2.50. The van der Waals surface area contributed by atoms with Crippen LogP contribution in [0.15, 0.2) is 36.5 Å². The van der Waals surface area contributed by atoms with Crippen molar-refractivity contribution in [2.24, 2.45) is 0 Å². The van der Waals surface area contributed by atoms with E-state index in [2.05, 4.69) is 10.2 Å². The Kier molecular flexibility index (Phi) is 2.37. The standard InChI is InChI=1S/C10H7FN2S/c11-9-3-1-7(2-4-9)8-5-10(14)13-12-6-8/h1-6H,(H,13,14). The summed E-state index contributed by atoms with van der Waals surface area (Å²) in [5.41, 5.74) is 1.78. The van der Waals surface area contributed by atoms with Crippen LogP contribution in [0, 0.1) is 10.5 Å². The van der Waals surface area contributed by atoms with Gasteiger partial charge in [0.05, 0.1) is 6.20 Å². The minimum atomic E-state index is -0.247. The van der Waals surface area contributed by atoms with Crippen molar-refractivity contribution in [1.29, 1.82) is 0 Å². The van der Waals surface area contributed by atoms with E-state index in [-0.39, 0.29) is 5.82 Å². The van der Waals surface area contributed by atoms with Crippen LogP contribution < -0.4 is 0 Å². The summed E-state index contributed by atoms with van der Waals surface area (Å²) in [6.07, 6.45) is 1.66. The Hall–Kier alpha value is -1.55. The van der Waals surface area contributed by atoms with Crippen molar-refractivity contribution in [3.05, 3.63) is 47.0 Å². The Morgan fingerprint density at radius 2 is 1.86 bits per heavy atom. The molecule has 0 aliphatic heterocycles. The summed E-state index contributed by atoms with van der Waals surface area (Å²) in [6, 6.07) is 8.00. The maximum absolute atomic E-state index is 12.6. The van der Waals surface area contributed by atoms with Crippen LogP contribution in [-0.2, 0) is 0 Å². The molecule has 1 N–H and O–H groups in total. The molecule has 0 saturated heterocycles. The highest BCUT2D eigenvalue weighted by atomic mass is 32.1. The molecule has 0 bridgehead atoms. The number of nitrogens with zero attached hydrogens (tertiary/aromatic N) is 1. The zero-order chi connectivity index (χ0) is 9.97. The first-order chi connectivity index (χ1) is 6.75.